The van der Waals surface area contributed by atoms with Gasteiger partial charge in [0.1, 0.15) is 0 Å². The predicted octanol–water partition coefficient (Wildman–Crippen LogP) is 3.64. The molecule has 0 bridgehead atoms. The maximum absolute atomic E-state index is 11.9. The first-order valence-electron chi connectivity index (χ1n) is 4.85. The number of carbonyl (C=O) groups is 1. The van der Waals surface area contributed by atoms with Crippen LogP contribution in [0.4, 0.5) is 0 Å². The number of hydrogen-bond acceptors (Lipinski definition) is 3. The van der Waals surface area contributed by atoms with Crippen LogP contribution in [0, 0.1) is 6.92 Å². The lowest BCUT2D eigenvalue weighted by atomic mass is 10.1. The van der Waals surface area contributed by atoms with Crippen molar-refractivity contribution in [3.05, 3.63) is 50.4 Å². The summed E-state index contributed by atoms with van der Waals surface area (Å²) in [6, 6.07) is 7.40. The zero-order chi connectivity index (χ0) is 11.5. The lowest BCUT2D eigenvalue weighted by molar-refractivity contribution is 0.0992. The Morgan fingerprint density at radius 3 is 2.62 bits per heavy atom. The normalized spacial score (nSPS) is 10.4. The van der Waals surface area contributed by atoms with Gasteiger partial charge < -0.3 is 0 Å². The van der Waals surface area contributed by atoms with E-state index < -0.39 is 0 Å². The molecule has 1 aromatic heterocycles. The van der Waals surface area contributed by atoms with Gasteiger partial charge in [-0.15, -0.1) is 11.3 Å². The van der Waals surface area contributed by atoms with Crippen molar-refractivity contribution in [2.45, 2.75) is 13.3 Å². The van der Waals surface area contributed by atoms with Crippen LogP contribution in [0.5, 0.6) is 0 Å². The number of thiazole rings is 1. The molecule has 0 saturated heterocycles. The quantitative estimate of drug-likeness (QED) is 0.809. The zero-order valence-electron chi connectivity index (χ0n) is 8.74. The van der Waals surface area contributed by atoms with Crippen LogP contribution in [-0.4, -0.2) is 10.8 Å². The molecule has 0 amide bonds. The van der Waals surface area contributed by atoms with Crippen molar-refractivity contribution in [3.63, 3.8) is 0 Å². The third-order valence-corrected chi connectivity index (χ3v) is 3.53. The molecule has 1 heterocycles. The molecule has 0 aliphatic carbocycles. The molecule has 0 aliphatic rings. The fourth-order valence-corrected chi connectivity index (χ4v) is 2.27. The highest BCUT2D eigenvalue weighted by Gasteiger charge is 2.08. The van der Waals surface area contributed by atoms with E-state index in [-0.39, 0.29) is 5.78 Å². The summed E-state index contributed by atoms with van der Waals surface area (Å²) >= 11 is 4.92. The maximum atomic E-state index is 11.9. The molecule has 0 aliphatic heterocycles. The molecule has 0 radical (unpaired) electrons. The number of aromatic nitrogens is 1. The number of aryl methyl sites for hydroxylation is 1. The number of benzene rings is 1. The number of ketones is 1. The van der Waals surface area contributed by atoms with Gasteiger partial charge in [-0.05, 0) is 19.1 Å². The first-order valence-corrected chi connectivity index (χ1v) is 6.52. The van der Waals surface area contributed by atoms with E-state index in [0.29, 0.717) is 6.42 Å². The van der Waals surface area contributed by atoms with Gasteiger partial charge in [0.2, 0.25) is 0 Å². The first-order chi connectivity index (χ1) is 7.65. The molecule has 16 heavy (non-hydrogen) atoms. The first kappa shape index (κ1) is 11.5. The number of hydrogen-bond donors (Lipinski definition) is 0. The van der Waals surface area contributed by atoms with E-state index in [1.165, 1.54) is 0 Å². The maximum Gasteiger partial charge on any atom is 0.168 e. The van der Waals surface area contributed by atoms with Crippen LogP contribution in [0.1, 0.15) is 21.1 Å². The van der Waals surface area contributed by atoms with Crippen molar-refractivity contribution in [2.24, 2.45) is 0 Å². The third kappa shape index (κ3) is 2.77. The van der Waals surface area contributed by atoms with Crippen LogP contribution >= 0.6 is 27.3 Å². The smallest absolute Gasteiger partial charge is 0.168 e. The summed E-state index contributed by atoms with van der Waals surface area (Å²) < 4.78 is 0.980. The molecule has 0 fully saturated rings. The average molecular weight is 296 g/mol. The number of Topliss-reactive ketones (excluding diaryl/α,β-unsaturated/α-hetero) is 1. The van der Waals surface area contributed by atoms with E-state index in [2.05, 4.69) is 20.9 Å². The molecule has 2 aromatic rings. The van der Waals surface area contributed by atoms with Crippen molar-refractivity contribution >= 4 is 33.0 Å². The van der Waals surface area contributed by atoms with Crippen LogP contribution in [0.3, 0.4) is 0 Å². The molecule has 4 heteroatoms. The summed E-state index contributed by atoms with van der Waals surface area (Å²) in [5, 5.41) is 2.94. The van der Waals surface area contributed by atoms with Gasteiger partial charge in [0.15, 0.2) is 5.78 Å². The van der Waals surface area contributed by atoms with Gasteiger partial charge in [-0.25, -0.2) is 4.98 Å². The van der Waals surface area contributed by atoms with Crippen molar-refractivity contribution in [1.29, 1.82) is 0 Å². The molecule has 0 N–H and O–H groups in total. The molecule has 1 aromatic carbocycles. The van der Waals surface area contributed by atoms with Gasteiger partial charge in [0.25, 0.3) is 0 Å². The monoisotopic (exact) mass is 295 g/mol. The van der Waals surface area contributed by atoms with Crippen molar-refractivity contribution in [2.75, 3.05) is 0 Å². The SMILES string of the molecule is Cc1nc(CC(=O)c2ccc(Br)cc2)cs1. The Hall–Kier alpha value is -1.00. The van der Waals surface area contributed by atoms with Crippen molar-refractivity contribution < 1.29 is 4.79 Å². The van der Waals surface area contributed by atoms with Gasteiger partial charge in [-0.2, -0.15) is 0 Å². The third-order valence-electron chi connectivity index (χ3n) is 2.17. The summed E-state index contributed by atoms with van der Waals surface area (Å²) in [6.07, 6.45) is 0.381. The Labute approximate surface area is 106 Å². The molecule has 0 atom stereocenters. The molecule has 2 nitrogen and oxygen atoms in total. The summed E-state index contributed by atoms with van der Waals surface area (Å²) in [5.74, 6) is 0.109. The van der Waals surface area contributed by atoms with Gasteiger partial charge in [0, 0.05) is 15.4 Å². The van der Waals surface area contributed by atoms with Gasteiger partial charge in [-0.3, -0.25) is 4.79 Å². The summed E-state index contributed by atoms with van der Waals surface area (Å²) in [7, 11) is 0. The molecule has 0 unspecified atom stereocenters. The Kier molecular flexibility index (Phi) is 3.51. The minimum Gasteiger partial charge on any atom is -0.294 e. The molecule has 82 valence electrons. The summed E-state index contributed by atoms with van der Waals surface area (Å²) in [6.45, 7) is 1.94. The number of nitrogens with zero attached hydrogens (tertiary/aromatic N) is 1. The highest BCUT2D eigenvalue weighted by molar-refractivity contribution is 9.10. The Morgan fingerprint density at radius 2 is 2.06 bits per heavy atom. The second-order valence-corrected chi connectivity index (χ2v) is 5.44. The minimum atomic E-state index is 0.109. The van der Waals surface area contributed by atoms with Crippen molar-refractivity contribution in [3.8, 4) is 0 Å². The van der Waals surface area contributed by atoms with E-state index in [1.54, 1.807) is 11.3 Å². The van der Waals surface area contributed by atoms with Crippen LogP contribution in [0.2, 0.25) is 0 Å². The van der Waals surface area contributed by atoms with E-state index in [1.807, 2.05) is 36.6 Å². The van der Waals surface area contributed by atoms with Crippen molar-refractivity contribution in [1.82, 2.24) is 4.98 Å². The van der Waals surface area contributed by atoms with Gasteiger partial charge >= 0.3 is 0 Å². The average Bonchev–Trinajstić information content (AvgIpc) is 2.65. The second-order valence-electron chi connectivity index (χ2n) is 3.46. The number of halogens is 1. The van der Waals surface area contributed by atoms with E-state index in [9.17, 15) is 4.79 Å². The zero-order valence-corrected chi connectivity index (χ0v) is 11.1. The standard InChI is InChI=1S/C12H10BrNOS/c1-8-14-11(7-16-8)6-12(15)9-2-4-10(13)5-3-9/h2-5,7H,6H2,1H3. The van der Waals surface area contributed by atoms with E-state index in [0.717, 1.165) is 20.7 Å². The molecule has 0 spiro atoms. The molecule has 0 saturated carbocycles. The molecule has 2 rings (SSSR count). The topological polar surface area (TPSA) is 30.0 Å². The van der Waals surface area contributed by atoms with Crippen LogP contribution in [0.15, 0.2) is 34.1 Å². The van der Waals surface area contributed by atoms with E-state index in [4.69, 9.17) is 0 Å². The van der Waals surface area contributed by atoms with Gasteiger partial charge in [-0.1, -0.05) is 28.1 Å². The van der Waals surface area contributed by atoms with E-state index >= 15 is 0 Å². The Balaban J connectivity index is 2.11. The predicted molar refractivity (Wildman–Crippen MR) is 69.0 cm³/mol. The lowest BCUT2D eigenvalue weighted by Crippen LogP contribution is -2.03. The largest absolute Gasteiger partial charge is 0.294 e. The Bertz CT molecular complexity index is 504. The van der Waals surface area contributed by atoms with Gasteiger partial charge in [0.05, 0.1) is 17.1 Å². The second kappa shape index (κ2) is 4.89. The molecular weight excluding hydrogens is 286 g/mol. The fourth-order valence-electron chi connectivity index (χ4n) is 1.39. The van der Waals surface area contributed by atoms with Crippen LogP contribution < -0.4 is 0 Å². The van der Waals surface area contributed by atoms with Crippen LogP contribution in [0.25, 0.3) is 0 Å². The summed E-state index contributed by atoms with van der Waals surface area (Å²) in [5.41, 5.74) is 1.59. The lowest BCUT2D eigenvalue weighted by Gasteiger charge is -1.98. The minimum absolute atomic E-state index is 0.109. The highest BCUT2D eigenvalue weighted by Crippen LogP contribution is 2.14. The summed E-state index contributed by atoms with van der Waals surface area (Å²) in [4.78, 5) is 16.2. The number of carbonyl (C=O) groups excluding carboxylic acids is 1. The molecular formula is C12H10BrNOS. The number of rotatable bonds is 3. The van der Waals surface area contributed by atoms with Crippen LogP contribution in [-0.2, 0) is 6.42 Å². The Morgan fingerprint density at radius 1 is 1.38 bits per heavy atom. The fraction of sp³-hybridized carbons (Fsp3) is 0.167. The highest BCUT2D eigenvalue weighted by atomic mass is 79.9.